The van der Waals surface area contributed by atoms with Crippen molar-refractivity contribution in [3.63, 3.8) is 0 Å². The number of nitrogens with zero attached hydrogens (tertiary/aromatic N) is 3. The second-order valence-corrected chi connectivity index (χ2v) is 10.7. The molecule has 1 saturated carbocycles. The van der Waals surface area contributed by atoms with Crippen molar-refractivity contribution in [1.29, 1.82) is 0 Å². The van der Waals surface area contributed by atoms with Gasteiger partial charge in [-0.3, -0.25) is 0 Å². The van der Waals surface area contributed by atoms with E-state index in [2.05, 4.69) is 20.4 Å². The summed E-state index contributed by atoms with van der Waals surface area (Å²) >= 11 is 0. The highest BCUT2D eigenvalue weighted by atomic mass is 19.1. The molecular formula is C27H35FN4O. The van der Waals surface area contributed by atoms with E-state index in [-0.39, 0.29) is 5.82 Å². The van der Waals surface area contributed by atoms with Crippen LogP contribution in [0.25, 0.3) is 11.3 Å². The Labute approximate surface area is 196 Å². The molecule has 2 aromatic rings. The Hall–Kier alpha value is -2.05. The summed E-state index contributed by atoms with van der Waals surface area (Å²) in [5.41, 5.74) is 4.55. The summed E-state index contributed by atoms with van der Waals surface area (Å²) in [7, 11) is 0. The van der Waals surface area contributed by atoms with Gasteiger partial charge in [-0.2, -0.15) is 0 Å². The average molecular weight is 451 g/mol. The fourth-order valence-electron chi connectivity index (χ4n) is 6.76. The van der Waals surface area contributed by atoms with Crippen LogP contribution < -0.4 is 5.32 Å². The lowest BCUT2D eigenvalue weighted by Gasteiger charge is -2.28. The van der Waals surface area contributed by atoms with Crippen LogP contribution in [0.4, 0.5) is 10.2 Å². The van der Waals surface area contributed by atoms with Crippen LogP contribution in [-0.2, 0) is 17.6 Å². The zero-order valence-electron chi connectivity index (χ0n) is 19.4. The van der Waals surface area contributed by atoms with Crippen molar-refractivity contribution < 1.29 is 9.13 Å². The third-order valence-electron chi connectivity index (χ3n) is 8.43. The number of rotatable bonds is 5. The number of anilines is 1. The molecule has 3 atom stereocenters. The maximum atomic E-state index is 13.4. The predicted octanol–water partition coefficient (Wildman–Crippen LogP) is 4.71. The number of nitrogens with one attached hydrogen (secondary N) is 1. The van der Waals surface area contributed by atoms with Crippen molar-refractivity contribution in [2.24, 2.45) is 17.8 Å². The largest absolute Gasteiger partial charge is 0.381 e. The molecule has 1 aromatic carbocycles. The van der Waals surface area contributed by atoms with Crippen molar-refractivity contribution in [2.75, 3.05) is 38.2 Å². The summed E-state index contributed by atoms with van der Waals surface area (Å²) in [6, 6.07) is 7.18. The Bertz CT molecular complexity index is 961. The normalized spacial score (nSPS) is 28.0. The lowest BCUT2D eigenvalue weighted by Crippen LogP contribution is -2.32. The van der Waals surface area contributed by atoms with Gasteiger partial charge in [-0.15, -0.1) is 10.2 Å². The molecule has 176 valence electrons. The van der Waals surface area contributed by atoms with Gasteiger partial charge >= 0.3 is 0 Å². The van der Waals surface area contributed by atoms with E-state index in [4.69, 9.17) is 4.74 Å². The van der Waals surface area contributed by atoms with Crippen molar-refractivity contribution in [3.05, 3.63) is 41.2 Å². The standard InChI is InChI=1S/C27H35FN4O/c28-22-7-5-19(6-8-22)26-24-3-1-2-4-25(24)27(31-30-26)29-23-13-20-16-32(17-21(20)14-23)15-18-9-11-33-12-10-18/h5-8,18,20-21,23H,1-4,9-17H2,(H,29,31)/t20-,21+,23?. The lowest BCUT2D eigenvalue weighted by molar-refractivity contribution is 0.0545. The van der Waals surface area contributed by atoms with E-state index in [1.54, 1.807) is 0 Å². The Kier molecular flexibility index (Phi) is 6.05. The Morgan fingerprint density at radius 2 is 1.64 bits per heavy atom. The molecule has 2 saturated heterocycles. The molecule has 6 rings (SSSR count). The van der Waals surface area contributed by atoms with Crippen molar-refractivity contribution >= 4 is 5.82 Å². The van der Waals surface area contributed by atoms with Crippen LogP contribution in [-0.4, -0.2) is 54.0 Å². The van der Waals surface area contributed by atoms with Crippen molar-refractivity contribution in [1.82, 2.24) is 15.1 Å². The Morgan fingerprint density at radius 3 is 2.36 bits per heavy atom. The van der Waals surface area contributed by atoms with Crippen LogP contribution in [0.2, 0.25) is 0 Å². The molecule has 1 N–H and O–H groups in total. The minimum atomic E-state index is -0.211. The average Bonchev–Trinajstić information content (AvgIpc) is 3.38. The third kappa shape index (κ3) is 4.52. The molecule has 3 heterocycles. The van der Waals surface area contributed by atoms with Gasteiger partial charge in [0.05, 0.1) is 5.69 Å². The monoisotopic (exact) mass is 450 g/mol. The van der Waals surface area contributed by atoms with Crippen LogP contribution in [0.5, 0.6) is 0 Å². The molecule has 2 aliphatic heterocycles. The SMILES string of the molecule is Fc1ccc(-c2nnc(NC3C[C@@H]4CN(CC5CCOCC5)C[C@@H]4C3)c3c2CCCC3)cc1. The molecule has 2 aliphatic carbocycles. The first kappa shape index (κ1) is 21.5. The van der Waals surface area contributed by atoms with Crippen LogP contribution >= 0.6 is 0 Å². The molecule has 5 nitrogen and oxygen atoms in total. The number of halogens is 1. The highest BCUT2D eigenvalue weighted by Gasteiger charge is 2.41. The van der Waals surface area contributed by atoms with Crippen LogP contribution in [0.3, 0.4) is 0 Å². The molecule has 1 unspecified atom stereocenters. The smallest absolute Gasteiger partial charge is 0.152 e. The van der Waals surface area contributed by atoms with E-state index in [0.29, 0.717) is 6.04 Å². The molecule has 0 radical (unpaired) electrons. The van der Waals surface area contributed by atoms with Gasteiger partial charge in [0.1, 0.15) is 5.82 Å². The van der Waals surface area contributed by atoms with Gasteiger partial charge in [0.2, 0.25) is 0 Å². The summed E-state index contributed by atoms with van der Waals surface area (Å²) in [4.78, 5) is 2.72. The number of hydrogen-bond donors (Lipinski definition) is 1. The predicted molar refractivity (Wildman–Crippen MR) is 128 cm³/mol. The fraction of sp³-hybridized carbons (Fsp3) is 0.630. The van der Waals surface area contributed by atoms with Gasteiger partial charge in [0, 0.05) is 50.0 Å². The Balaban J connectivity index is 1.12. The highest BCUT2D eigenvalue weighted by molar-refractivity contribution is 5.67. The van der Waals surface area contributed by atoms with Crippen molar-refractivity contribution in [2.45, 2.75) is 57.4 Å². The maximum absolute atomic E-state index is 13.4. The van der Waals surface area contributed by atoms with E-state index in [1.165, 1.54) is 81.4 Å². The highest BCUT2D eigenvalue weighted by Crippen LogP contribution is 2.41. The molecule has 0 bridgehead atoms. The van der Waals surface area contributed by atoms with Crippen LogP contribution in [0, 0.1) is 23.6 Å². The number of ether oxygens (including phenoxy) is 1. The minimum Gasteiger partial charge on any atom is -0.381 e. The molecule has 0 amide bonds. The first-order chi connectivity index (χ1) is 16.2. The molecule has 0 spiro atoms. The first-order valence-electron chi connectivity index (χ1n) is 12.9. The van der Waals surface area contributed by atoms with E-state index in [9.17, 15) is 4.39 Å². The molecule has 6 heteroatoms. The number of benzene rings is 1. The van der Waals surface area contributed by atoms with Crippen LogP contribution in [0.15, 0.2) is 24.3 Å². The Morgan fingerprint density at radius 1 is 0.939 bits per heavy atom. The molecule has 4 aliphatic rings. The van der Waals surface area contributed by atoms with E-state index in [1.807, 2.05) is 12.1 Å². The summed E-state index contributed by atoms with van der Waals surface area (Å²) in [6.45, 7) is 5.67. The summed E-state index contributed by atoms with van der Waals surface area (Å²) in [5, 5.41) is 13.1. The molecular weight excluding hydrogens is 415 g/mol. The second-order valence-electron chi connectivity index (χ2n) is 10.7. The molecule has 33 heavy (non-hydrogen) atoms. The zero-order valence-corrected chi connectivity index (χ0v) is 19.4. The first-order valence-corrected chi connectivity index (χ1v) is 12.9. The third-order valence-corrected chi connectivity index (χ3v) is 8.43. The fourth-order valence-corrected chi connectivity index (χ4v) is 6.76. The van der Waals surface area contributed by atoms with E-state index < -0.39 is 0 Å². The minimum absolute atomic E-state index is 0.211. The van der Waals surface area contributed by atoms with Gasteiger partial charge in [-0.1, -0.05) is 0 Å². The number of aromatic nitrogens is 2. The second kappa shape index (κ2) is 9.30. The number of fused-ring (bicyclic) bond motifs is 2. The molecule has 1 aromatic heterocycles. The maximum Gasteiger partial charge on any atom is 0.152 e. The van der Waals surface area contributed by atoms with Gasteiger partial charge in [-0.05, 0) is 98.9 Å². The van der Waals surface area contributed by atoms with Gasteiger partial charge in [0.15, 0.2) is 5.82 Å². The topological polar surface area (TPSA) is 50.3 Å². The van der Waals surface area contributed by atoms with Crippen molar-refractivity contribution in [3.8, 4) is 11.3 Å². The zero-order chi connectivity index (χ0) is 22.2. The van der Waals surface area contributed by atoms with E-state index in [0.717, 1.165) is 60.9 Å². The molecule has 3 fully saturated rings. The van der Waals surface area contributed by atoms with E-state index >= 15 is 0 Å². The quantitative estimate of drug-likeness (QED) is 0.715. The van der Waals surface area contributed by atoms with Gasteiger partial charge in [0.25, 0.3) is 0 Å². The summed E-state index contributed by atoms with van der Waals surface area (Å²) in [5.74, 6) is 3.23. The van der Waals surface area contributed by atoms with Crippen LogP contribution in [0.1, 0.15) is 49.7 Å². The number of hydrogen-bond acceptors (Lipinski definition) is 5. The van der Waals surface area contributed by atoms with Gasteiger partial charge < -0.3 is 15.0 Å². The van der Waals surface area contributed by atoms with Gasteiger partial charge in [-0.25, -0.2) is 4.39 Å². The summed E-state index contributed by atoms with van der Waals surface area (Å²) in [6.07, 6.45) is 9.41. The number of likely N-dealkylation sites (tertiary alicyclic amines) is 1. The summed E-state index contributed by atoms with van der Waals surface area (Å²) < 4.78 is 19.0. The lowest BCUT2D eigenvalue weighted by atomic mass is 9.89.